The Kier molecular flexibility index (Phi) is 9.53. The van der Waals surface area contributed by atoms with Crippen LogP contribution in [0.15, 0.2) is 0 Å². The molecule has 0 saturated heterocycles. The number of carbonyl (C=O) groups excluding carboxylic acids is 1. The lowest BCUT2D eigenvalue weighted by molar-refractivity contribution is -0.116. The van der Waals surface area contributed by atoms with Gasteiger partial charge >= 0.3 is 0 Å². The highest BCUT2D eigenvalue weighted by atomic mass is 16.3. The van der Waals surface area contributed by atoms with Crippen LogP contribution in [0.1, 0.15) is 6.92 Å². The van der Waals surface area contributed by atoms with Crippen LogP contribution in [0.4, 0.5) is 0 Å². The normalized spacial score (nSPS) is 8.22. The van der Waals surface area contributed by atoms with Gasteiger partial charge in [0.1, 0.15) is 5.78 Å². The van der Waals surface area contributed by atoms with Crippen molar-refractivity contribution in [1.82, 2.24) is 5.32 Å². The number of carbonyl (C=O) groups is 1. The number of aliphatic hydroxyl groups excluding tert-OH is 1. The third-order valence-corrected chi connectivity index (χ3v) is 0.663. The first-order valence-corrected chi connectivity index (χ1v) is 2.58. The lowest BCUT2D eigenvalue weighted by atomic mass is 10.4. The predicted octanol–water partition coefficient (Wildman–Crippen LogP) is -1.67. The minimum Gasteiger partial charge on any atom is -0.412 e. The molecule has 0 bridgehead atoms. The Morgan fingerprint density at radius 1 is 1.67 bits per heavy atom. The summed E-state index contributed by atoms with van der Waals surface area (Å²) in [7, 11) is 0. The molecule has 0 radical (unpaired) electrons. The molecule has 0 spiro atoms. The molecule has 0 aromatic rings. The van der Waals surface area contributed by atoms with E-state index in [1.807, 2.05) is 0 Å². The van der Waals surface area contributed by atoms with Crippen LogP contribution in [0.2, 0.25) is 0 Å². The van der Waals surface area contributed by atoms with Crippen molar-refractivity contribution in [2.24, 2.45) is 0 Å². The van der Waals surface area contributed by atoms with Crippen molar-refractivity contribution in [2.75, 3.05) is 19.7 Å². The fourth-order valence-corrected chi connectivity index (χ4v) is 0.343. The van der Waals surface area contributed by atoms with Gasteiger partial charge in [0.05, 0.1) is 13.2 Å². The fraction of sp³-hybridized carbons (Fsp3) is 0.800. The Morgan fingerprint density at radius 3 is 2.56 bits per heavy atom. The summed E-state index contributed by atoms with van der Waals surface area (Å²) in [6.07, 6.45) is 0. The molecule has 0 aliphatic rings. The average molecular weight is 135 g/mol. The van der Waals surface area contributed by atoms with E-state index in [0.29, 0.717) is 13.1 Å². The van der Waals surface area contributed by atoms with Crippen molar-refractivity contribution < 1.29 is 15.4 Å². The third-order valence-electron chi connectivity index (χ3n) is 0.663. The Morgan fingerprint density at radius 2 is 2.22 bits per heavy atom. The van der Waals surface area contributed by atoms with Gasteiger partial charge in [-0.25, -0.2) is 0 Å². The van der Waals surface area contributed by atoms with Crippen LogP contribution < -0.4 is 5.32 Å². The summed E-state index contributed by atoms with van der Waals surface area (Å²) >= 11 is 0. The maximum Gasteiger partial charge on any atom is 0.143 e. The number of hydrogen-bond acceptors (Lipinski definition) is 3. The molecule has 0 aromatic heterocycles. The Labute approximate surface area is 54.2 Å². The van der Waals surface area contributed by atoms with Crippen LogP contribution in [0.5, 0.6) is 0 Å². The summed E-state index contributed by atoms with van der Waals surface area (Å²) < 4.78 is 0. The minimum atomic E-state index is 0. The molecule has 56 valence electrons. The molecule has 0 aliphatic heterocycles. The van der Waals surface area contributed by atoms with Gasteiger partial charge in [-0.1, -0.05) is 0 Å². The molecule has 0 saturated carbocycles. The summed E-state index contributed by atoms with van der Waals surface area (Å²) in [5.41, 5.74) is 0. The molecule has 0 aromatic carbocycles. The molecular formula is C5H13NO3. The summed E-state index contributed by atoms with van der Waals surface area (Å²) in [5.74, 6) is 0.0958. The molecule has 0 heterocycles. The van der Waals surface area contributed by atoms with Crippen LogP contribution in [-0.2, 0) is 4.79 Å². The van der Waals surface area contributed by atoms with E-state index in [2.05, 4.69) is 5.32 Å². The topological polar surface area (TPSA) is 80.8 Å². The van der Waals surface area contributed by atoms with Crippen molar-refractivity contribution in [3.63, 3.8) is 0 Å². The molecule has 0 unspecified atom stereocenters. The molecular weight excluding hydrogens is 122 g/mol. The number of aliphatic hydroxyl groups is 1. The van der Waals surface area contributed by atoms with Gasteiger partial charge in [-0.05, 0) is 6.92 Å². The first-order valence-electron chi connectivity index (χ1n) is 2.58. The molecule has 0 amide bonds. The van der Waals surface area contributed by atoms with E-state index < -0.39 is 0 Å². The summed E-state index contributed by atoms with van der Waals surface area (Å²) in [6, 6.07) is 0. The van der Waals surface area contributed by atoms with Crippen LogP contribution in [0.3, 0.4) is 0 Å². The quantitative estimate of drug-likeness (QED) is 0.452. The van der Waals surface area contributed by atoms with Gasteiger partial charge in [0.25, 0.3) is 0 Å². The second kappa shape index (κ2) is 7.55. The number of hydrogen-bond donors (Lipinski definition) is 2. The lowest BCUT2D eigenvalue weighted by Crippen LogP contribution is -2.23. The zero-order chi connectivity index (χ0) is 6.41. The second-order valence-corrected chi connectivity index (χ2v) is 1.60. The zero-order valence-corrected chi connectivity index (χ0v) is 5.48. The van der Waals surface area contributed by atoms with Crippen LogP contribution in [0.25, 0.3) is 0 Å². The highest BCUT2D eigenvalue weighted by molar-refractivity contribution is 5.77. The standard InChI is InChI=1S/C5H11NO2.H2O/c1-5(8)4-6-2-3-7;/h6-7H,2-4H2,1H3;1H2. The summed E-state index contributed by atoms with van der Waals surface area (Å²) in [5, 5.41) is 10.9. The molecule has 0 rings (SSSR count). The number of nitrogens with one attached hydrogen (secondary N) is 1. The largest absolute Gasteiger partial charge is 0.412 e. The first-order chi connectivity index (χ1) is 3.77. The maximum absolute atomic E-state index is 10.2. The highest BCUT2D eigenvalue weighted by Gasteiger charge is 1.87. The van der Waals surface area contributed by atoms with Crippen molar-refractivity contribution >= 4 is 5.78 Å². The Balaban J connectivity index is 0. The zero-order valence-electron chi connectivity index (χ0n) is 5.48. The van der Waals surface area contributed by atoms with Crippen LogP contribution in [0, 0.1) is 0 Å². The second-order valence-electron chi connectivity index (χ2n) is 1.60. The molecule has 9 heavy (non-hydrogen) atoms. The van der Waals surface area contributed by atoms with Crippen LogP contribution >= 0.6 is 0 Å². The van der Waals surface area contributed by atoms with Gasteiger partial charge in [0, 0.05) is 6.54 Å². The van der Waals surface area contributed by atoms with Crippen molar-refractivity contribution in [1.29, 1.82) is 0 Å². The van der Waals surface area contributed by atoms with E-state index in [1.165, 1.54) is 6.92 Å². The summed E-state index contributed by atoms with van der Waals surface area (Å²) in [6.45, 7) is 2.46. The van der Waals surface area contributed by atoms with E-state index in [4.69, 9.17) is 5.11 Å². The Hall–Kier alpha value is -0.450. The monoisotopic (exact) mass is 135 g/mol. The molecule has 0 atom stereocenters. The lowest BCUT2D eigenvalue weighted by Gasteiger charge is -1.95. The van der Waals surface area contributed by atoms with Crippen molar-refractivity contribution in [2.45, 2.75) is 6.92 Å². The predicted molar refractivity (Wildman–Crippen MR) is 34.3 cm³/mol. The van der Waals surface area contributed by atoms with E-state index in [1.54, 1.807) is 0 Å². The SMILES string of the molecule is CC(=O)CNCCO.O. The molecule has 4 heteroatoms. The van der Waals surface area contributed by atoms with E-state index in [-0.39, 0.29) is 17.9 Å². The van der Waals surface area contributed by atoms with Crippen LogP contribution in [-0.4, -0.2) is 36.1 Å². The molecule has 4 nitrogen and oxygen atoms in total. The number of Topliss-reactive ketones (excluding diaryl/α,β-unsaturated/α-hetero) is 1. The van der Waals surface area contributed by atoms with E-state index in [9.17, 15) is 4.79 Å². The fourth-order valence-electron chi connectivity index (χ4n) is 0.343. The smallest absolute Gasteiger partial charge is 0.143 e. The van der Waals surface area contributed by atoms with Gasteiger partial charge in [-0.15, -0.1) is 0 Å². The summed E-state index contributed by atoms with van der Waals surface area (Å²) in [4.78, 5) is 10.2. The number of ketones is 1. The van der Waals surface area contributed by atoms with Gasteiger partial charge in [-0.3, -0.25) is 4.79 Å². The number of rotatable bonds is 4. The molecule has 4 N–H and O–H groups in total. The third kappa shape index (κ3) is 11.2. The highest BCUT2D eigenvalue weighted by Crippen LogP contribution is 1.62. The van der Waals surface area contributed by atoms with Gasteiger partial charge < -0.3 is 15.9 Å². The average Bonchev–Trinajstić information content (AvgIpc) is 1.66. The van der Waals surface area contributed by atoms with E-state index in [0.717, 1.165) is 0 Å². The first kappa shape index (κ1) is 11.4. The maximum atomic E-state index is 10.2. The Bertz CT molecular complexity index is 74.6. The van der Waals surface area contributed by atoms with Crippen molar-refractivity contribution in [3.05, 3.63) is 0 Å². The van der Waals surface area contributed by atoms with Gasteiger partial charge in [0.2, 0.25) is 0 Å². The molecule has 0 aliphatic carbocycles. The minimum absolute atomic E-state index is 0. The van der Waals surface area contributed by atoms with E-state index >= 15 is 0 Å². The van der Waals surface area contributed by atoms with Crippen molar-refractivity contribution in [3.8, 4) is 0 Å². The molecule has 0 fully saturated rings. The van der Waals surface area contributed by atoms with Gasteiger partial charge in [-0.2, -0.15) is 0 Å². The van der Waals surface area contributed by atoms with Gasteiger partial charge in [0.15, 0.2) is 0 Å².